The minimum Gasteiger partial charge on any atom is -0.396 e. The molecule has 1 spiro atoms. The first kappa shape index (κ1) is 22.9. The lowest BCUT2D eigenvalue weighted by Crippen LogP contribution is -2.55. The Morgan fingerprint density at radius 1 is 1.11 bits per heavy atom. The van der Waals surface area contributed by atoms with Crippen molar-refractivity contribution in [3.05, 3.63) is 48.6 Å². The number of likely N-dealkylation sites (N-methyl/N-ethyl adjacent to an activating group) is 1. The molecule has 1 aromatic heterocycles. The summed E-state index contributed by atoms with van der Waals surface area (Å²) in [6, 6.07) is 6.55. The summed E-state index contributed by atoms with van der Waals surface area (Å²) in [6.45, 7) is 0.956. The zero-order valence-corrected chi connectivity index (χ0v) is 19.9. The molecule has 11 nitrogen and oxygen atoms in total. The van der Waals surface area contributed by atoms with Gasteiger partial charge < -0.3 is 24.5 Å². The first-order valence-electron chi connectivity index (χ1n) is 12.2. The summed E-state index contributed by atoms with van der Waals surface area (Å²) in [7, 11) is 1.71. The van der Waals surface area contributed by atoms with Crippen LogP contribution in [-0.4, -0.2) is 104 Å². The summed E-state index contributed by atoms with van der Waals surface area (Å²) in [5.41, 5.74) is 0.251. The van der Waals surface area contributed by atoms with Gasteiger partial charge in [-0.25, -0.2) is 4.68 Å². The van der Waals surface area contributed by atoms with Crippen molar-refractivity contribution in [3.8, 4) is 0 Å². The molecule has 0 bridgehead atoms. The highest BCUT2D eigenvalue weighted by molar-refractivity contribution is 5.99. The predicted octanol–water partition coefficient (Wildman–Crippen LogP) is -0.221. The quantitative estimate of drug-likeness (QED) is 0.573. The van der Waals surface area contributed by atoms with Crippen molar-refractivity contribution in [2.45, 2.75) is 30.8 Å². The topological polar surface area (TPSA) is 121 Å². The third kappa shape index (κ3) is 3.22. The fourth-order valence-electron chi connectivity index (χ4n) is 6.10. The van der Waals surface area contributed by atoms with Gasteiger partial charge in [0, 0.05) is 33.3 Å². The maximum absolute atomic E-state index is 14.1. The monoisotopic (exact) mass is 492 g/mol. The number of likely N-dealkylation sites (tertiary alicyclic amines) is 1. The Kier molecular flexibility index (Phi) is 5.41. The molecular weight excluding hydrogens is 464 g/mol. The summed E-state index contributed by atoms with van der Waals surface area (Å²) >= 11 is 0. The van der Waals surface area contributed by atoms with E-state index >= 15 is 0 Å². The number of ether oxygens (including phenoxy) is 1. The zero-order valence-electron chi connectivity index (χ0n) is 19.9. The molecule has 11 heteroatoms. The number of carbonyl (C=O) groups excluding carboxylic acids is 3. The molecule has 2 aromatic rings. The van der Waals surface area contributed by atoms with Gasteiger partial charge in [-0.3, -0.25) is 14.4 Å². The van der Waals surface area contributed by atoms with Gasteiger partial charge in [0.05, 0.1) is 23.5 Å². The van der Waals surface area contributed by atoms with Crippen LogP contribution in [-0.2, 0) is 25.8 Å². The predicted molar refractivity (Wildman–Crippen MR) is 127 cm³/mol. The van der Waals surface area contributed by atoms with Crippen LogP contribution in [0.4, 0.5) is 0 Å². The van der Waals surface area contributed by atoms with Crippen molar-refractivity contribution in [2.24, 2.45) is 11.8 Å². The van der Waals surface area contributed by atoms with Crippen LogP contribution in [0.25, 0.3) is 11.0 Å². The zero-order chi connectivity index (χ0) is 25.0. The average molecular weight is 493 g/mol. The molecule has 5 atom stereocenters. The van der Waals surface area contributed by atoms with Gasteiger partial charge in [0.25, 0.3) is 5.91 Å². The van der Waals surface area contributed by atoms with Gasteiger partial charge >= 0.3 is 0 Å². The lowest BCUT2D eigenvalue weighted by atomic mass is 9.77. The number of aromatic nitrogens is 3. The van der Waals surface area contributed by atoms with E-state index in [1.54, 1.807) is 21.5 Å². The number of amides is 3. The maximum Gasteiger partial charge on any atom is 0.250 e. The van der Waals surface area contributed by atoms with E-state index in [0.29, 0.717) is 19.5 Å². The second-order valence-electron chi connectivity index (χ2n) is 9.78. The van der Waals surface area contributed by atoms with Gasteiger partial charge in [0.2, 0.25) is 11.8 Å². The van der Waals surface area contributed by atoms with Gasteiger partial charge in [0.1, 0.15) is 23.8 Å². The fraction of sp³-hybridized carbons (Fsp3) is 0.480. The molecule has 6 rings (SSSR count). The van der Waals surface area contributed by atoms with E-state index in [-0.39, 0.29) is 37.5 Å². The minimum atomic E-state index is -1.27. The van der Waals surface area contributed by atoms with Crippen molar-refractivity contribution in [3.63, 3.8) is 0 Å². The lowest BCUT2D eigenvalue weighted by Gasteiger charge is -2.35. The Bertz CT molecular complexity index is 1290. The first-order valence-corrected chi connectivity index (χ1v) is 12.2. The Morgan fingerprint density at radius 3 is 2.78 bits per heavy atom. The van der Waals surface area contributed by atoms with Crippen LogP contribution >= 0.6 is 0 Å². The molecule has 188 valence electrons. The lowest BCUT2D eigenvalue weighted by molar-refractivity contribution is -0.149. The fourth-order valence-corrected chi connectivity index (χ4v) is 6.10. The number of fused-ring (bicyclic) bond motifs is 3. The second kappa shape index (κ2) is 8.52. The molecule has 4 aliphatic rings. The summed E-state index contributed by atoms with van der Waals surface area (Å²) in [5, 5.41) is 17.9. The number of hydrogen-bond acceptors (Lipinski definition) is 7. The highest BCUT2D eigenvalue weighted by Gasteiger charge is 2.71. The molecular formula is C25H28N6O5. The van der Waals surface area contributed by atoms with Crippen molar-refractivity contribution in [1.29, 1.82) is 0 Å². The SMILES string of the molecule is CN1CC=C[C@@H]2O[C@]34C=CCN(Cn5nnc6ccccc65)C(=O)C3N(CCCO)C(=O)[C@@H]4[C@@H]2C1=O. The summed E-state index contributed by atoms with van der Waals surface area (Å²) in [5.74, 6) is -2.28. The Labute approximate surface area is 207 Å². The molecule has 0 aliphatic carbocycles. The number of rotatable bonds is 5. The number of carbonyl (C=O) groups is 3. The first-order chi connectivity index (χ1) is 17.5. The Balaban J connectivity index is 1.40. The molecule has 0 radical (unpaired) electrons. The van der Waals surface area contributed by atoms with E-state index in [9.17, 15) is 19.5 Å². The summed E-state index contributed by atoms with van der Waals surface area (Å²) in [4.78, 5) is 46.1. The maximum atomic E-state index is 14.1. The van der Waals surface area contributed by atoms with Gasteiger partial charge in [-0.1, -0.05) is 41.7 Å². The third-order valence-corrected chi connectivity index (χ3v) is 7.73. The third-order valence-electron chi connectivity index (χ3n) is 7.73. The van der Waals surface area contributed by atoms with Crippen LogP contribution in [0.1, 0.15) is 6.42 Å². The van der Waals surface area contributed by atoms with Crippen LogP contribution in [0.5, 0.6) is 0 Å². The number of para-hydroxylation sites is 1. The molecule has 3 amide bonds. The number of aliphatic hydroxyl groups is 1. The average Bonchev–Trinajstić information content (AvgIpc) is 3.43. The van der Waals surface area contributed by atoms with E-state index < -0.39 is 29.6 Å². The Hall–Kier alpha value is -3.57. The molecule has 1 N–H and O–H groups in total. The summed E-state index contributed by atoms with van der Waals surface area (Å²) in [6.07, 6.45) is 7.08. The minimum absolute atomic E-state index is 0.121. The number of benzene rings is 1. The highest BCUT2D eigenvalue weighted by Crippen LogP contribution is 2.53. The molecule has 4 aliphatic heterocycles. The van der Waals surface area contributed by atoms with Gasteiger partial charge in [-0.05, 0) is 18.6 Å². The van der Waals surface area contributed by atoms with E-state index in [2.05, 4.69) is 10.3 Å². The molecule has 2 fully saturated rings. The number of nitrogens with zero attached hydrogens (tertiary/aromatic N) is 6. The standard InChI is InChI=1S/C25H28N6O5/c1-28-11-4-9-18-19(22(28)33)20-23(34)30(13-6-14-32)21-24(35)29(12-5-10-25(20,21)36-18)15-31-17-8-3-2-7-16(17)26-27-31/h2-5,7-10,18-21,32H,6,11-15H2,1H3/t18-,19+,20-,21?,25-/m0/s1. The molecule has 5 heterocycles. The van der Waals surface area contributed by atoms with Crippen LogP contribution in [0.15, 0.2) is 48.6 Å². The van der Waals surface area contributed by atoms with Gasteiger partial charge in [-0.2, -0.15) is 0 Å². The molecule has 1 aromatic carbocycles. The molecule has 1 unspecified atom stereocenters. The molecule has 2 saturated heterocycles. The normalized spacial score (nSPS) is 31.6. The van der Waals surface area contributed by atoms with Gasteiger partial charge in [-0.15, -0.1) is 5.10 Å². The van der Waals surface area contributed by atoms with Crippen LogP contribution in [0, 0.1) is 11.8 Å². The van der Waals surface area contributed by atoms with E-state index in [4.69, 9.17) is 4.74 Å². The van der Waals surface area contributed by atoms with Crippen LogP contribution in [0.3, 0.4) is 0 Å². The van der Waals surface area contributed by atoms with E-state index in [0.717, 1.165) is 11.0 Å². The van der Waals surface area contributed by atoms with E-state index in [1.807, 2.05) is 48.6 Å². The second-order valence-corrected chi connectivity index (χ2v) is 9.78. The molecule has 36 heavy (non-hydrogen) atoms. The molecule has 0 saturated carbocycles. The highest BCUT2D eigenvalue weighted by atomic mass is 16.5. The summed E-state index contributed by atoms with van der Waals surface area (Å²) < 4.78 is 8.19. The van der Waals surface area contributed by atoms with Crippen molar-refractivity contribution in [1.82, 2.24) is 29.7 Å². The van der Waals surface area contributed by atoms with Crippen molar-refractivity contribution >= 4 is 28.8 Å². The number of hydrogen-bond donors (Lipinski definition) is 1. The van der Waals surface area contributed by atoms with Crippen molar-refractivity contribution < 1.29 is 24.2 Å². The van der Waals surface area contributed by atoms with Crippen LogP contribution < -0.4 is 0 Å². The largest absolute Gasteiger partial charge is 0.396 e. The van der Waals surface area contributed by atoms with Crippen LogP contribution in [0.2, 0.25) is 0 Å². The Morgan fingerprint density at radius 2 is 1.94 bits per heavy atom. The van der Waals surface area contributed by atoms with Gasteiger partial charge in [0.15, 0.2) is 0 Å². The van der Waals surface area contributed by atoms with Crippen molar-refractivity contribution in [2.75, 3.05) is 33.3 Å². The smallest absolute Gasteiger partial charge is 0.250 e. The number of aliphatic hydroxyl groups excluding tert-OH is 1. The van der Waals surface area contributed by atoms with E-state index in [1.165, 1.54) is 4.90 Å².